The van der Waals surface area contributed by atoms with Gasteiger partial charge in [0, 0.05) is 22.3 Å². The van der Waals surface area contributed by atoms with Gasteiger partial charge in [-0.3, -0.25) is 4.90 Å². The lowest BCUT2D eigenvalue weighted by Crippen LogP contribution is -2.46. The summed E-state index contributed by atoms with van der Waals surface area (Å²) in [6.45, 7) is 3.62. The van der Waals surface area contributed by atoms with Crippen LogP contribution in [0.15, 0.2) is 77.0 Å². The predicted molar refractivity (Wildman–Crippen MR) is 129 cm³/mol. The molecule has 5 rings (SSSR count). The number of carbonyl (C=O) groups excluding carboxylic acids is 1. The molecular weight excluding hydrogens is 474 g/mol. The van der Waals surface area contributed by atoms with Crippen LogP contribution in [0.1, 0.15) is 30.0 Å². The number of nitrogens with one attached hydrogen (secondary N) is 1. The Morgan fingerprint density at radius 3 is 2.40 bits per heavy atom. The zero-order valence-electron chi connectivity index (χ0n) is 18.7. The lowest BCUT2D eigenvalue weighted by Gasteiger charge is -2.35. The first-order chi connectivity index (χ1) is 16.8. The number of rotatable bonds is 4. The van der Waals surface area contributed by atoms with Crippen LogP contribution in [0.2, 0.25) is 5.02 Å². The quantitative estimate of drug-likeness (QED) is 0.345. The Bertz CT molecular complexity index is 1450. The highest BCUT2D eigenvalue weighted by Crippen LogP contribution is 2.39. The summed E-state index contributed by atoms with van der Waals surface area (Å²) in [5.74, 6) is -1.07. The third kappa shape index (κ3) is 4.40. The van der Waals surface area contributed by atoms with Crippen LogP contribution in [-0.4, -0.2) is 16.2 Å². The maximum absolute atomic E-state index is 14.0. The Hall–Kier alpha value is -4.04. The topological polar surface area (TPSA) is 71.3 Å². The molecule has 0 radical (unpaired) electrons. The van der Waals surface area contributed by atoms with Gasteiger partial charge in [-0.1, -0.05) is 52.7 Å². The van der Waals surface area contributed by atoms with Gasteiger partial charge in [0.05, 0.1) is 17.3 Å². The summed E-state index contributed by atoms with van der Waals surface area (Å²) in [7, 11) is 0. The van der Waals surface area contributed by atoms with Crippen molar-refractivity contribution >= 4 is 28.9 Å². The summed E-state index contributed by atoms with van der Waals surface area (Å²) in [5.41, 5.74) is 3.43. The number of aromatic nitrogens is 2. The van der Waals surface area contributed by atoms with Crippen molar-refractivity contribution in [1.82, 2.24) is 15.5 Å². The van der Waals surface area contributed by atoms with Gasteiger partial charge in [0.15, 0.2) is 0 Å². The zero-order chi connectivity index (χ0) is 24.7. The number of amides is 2. The van der Waals surface area contributed by atoms with Gasteiger partial charge in [0.2, 0.25) is 5.82 Å². The fourth-order valence-corrected chi connectivity index (χ4v) is 4.26. The average Bonchev–Trinajstić information content (AvgIpc) is 3.28. The van der Waals surface area contributed by atoms with Gasteiger partial charge in [-0.2, -0.15) is 4.98 Å². The molecule has 3 aromatic carbocycles. The molecule has 0 saturated carbocycles. The van der Waals surface area contributed by atoms with Crippen molar-refractivity contribution in [3.05, 3.63) is 106 Å². The monoisotopic (exact) mass is 492 g/mol. The third-order valence-corrected chi connectivity index (χ3v) is 5.98. The van der Waals surface area contributed by atoms with Crippen molar-refractivity contribution < 1.29 is 18.1 Å². The molecule has 0 bridgehead atoms. The van der Waals surface area contributed by atoms with E-state index in [-0.39, 0.29) is 11.6 Å². The Morgan fingerprint density at radius 1 is 1.00 bits per heavy atom. The first kappa shape index (κ1) is 22.7. The highest BCUT2D eigenvalue weighted by molar-refractivity contribution is 6.30. The van der Waals surface area contributed by atoms with Gasteiger partial charge in [0.1, 0.15) is 11.6 Å². The average molecular weight is 493 g/mol. The summed E-state index contributed by atoms with van der Waals surface area (Å²) in [5, 5.41) is 7.56. The normalized spacial score (nSPS) is 16.0. The number of allylic oxidation sites excluding steroid dienone is 1. The van der Waals surface area contributed by atoms with E-state index in [4.69, 9.17) is 16.1 Å². The van der Waals surface area contributed by atoms with E-state index < -0.39 is 23.7 Å². The van der Waals surface area contributed by atoms with E-state index in [0.29, 0.717) is 22.1 Å². The van der Waals surface area contributed by atoms with Crippen LogP contribution in [0.5, 0.6) is 0 Å². The second kappa shape index (κ2) is 8.96. The molecule has 0 spiro atoms. The van der Waals surface area contributed by atoms with Crippen molar-refractivity contribution in [2.75, 3.05) is 4.90 Å². The Labute approximate surface area is 204 Å². The van der Waals surface area contributed by atoms with E-state index in [1.165, 1.54) is 4.90 Å². The summed E-state index contributed by atoms with van der Waals surface area (Å²) in [4.78, 5) is 18.9. The molecule has 0 fully saturated rings. The molecule has 0 saturated heterocycles. The third-order valence-electron chi connectivity index (χ3n) is 5.73. The molecule has 2 heterocycles. The molecule has 2 amide bonds. The number of halogens is 3. The molecule has 9 heteroatoms. The van der Waals surface area contributed by atoms with Gasteiger partial charge in [-0.05, 0) is 49.7 Å². The van der Waals surface area contributed by atoms with E-state index in [1.807, 2.05) is 31.2 Å². The largest absolute Gasteiger partial charge is 0.334 e. The number of benzene rings is 3. The van der Waals surface area contributed by atoms with Crippen molar-refractivity contribution in [2.45, 2.75) is 19.9 Å². The summed E-state index contributed by atoms with van der Waals surface area (Å²) in [6, 6.07) is 16.3. The van der Waals surface area contributed by atoms with Crippen molar-refractivity contribution in [3.63, 3.8) is 0 Å². The fraction of sp³-hybridized carbons (Fsp3) is 0.115. The minimum Gasteiger partial charge on any atom is -0.334 e. The maximum atomic E-state index is 14.0. The first-order valence-corrected chi connectivity index (χ1v) is 11.1. The van der Waals surface area contributed by atoms with Crippen LogP contribution in [0.3, 0.4) is 0 Å². The van der Waals surface area contributed by atoms with E-state index in [9.17, 15) is 13.6 Å². The second-order valence-electron chi connectivity index (χ2n) is 8.19. The standard InChI is InChI=1S/C26H19ClF2N4O2/c1-14-4-3-5-17(10-14)24-31-25(35-32-24)22-15(2)33(21-12-19(28)11-20(29)13-21)26(34)30-23(22)16-6-8-18(27)9-7-16/h3-13,23H,1-2H3,(H,30,34). The van der Waals surface area contributed by atoms with Crippen LogP contribution in [0, 0.1) is 18.6 Å². The molecule has 1 atom stereocenters. The summed E-state index contributed by atoms with van der Waals surface area (Å²) >= 11 is 6.06. The smallest absolute Gasteiger partial charge is 0.327 e. The molecule has 0 aliphatic carbocycles. The minimum absolute atomic E-state index is 0.0305. The molecule has 1 aliphatic heterocycles. The van der Waals surface area contributed by atoms with E-state index in [0.717, 1.165) is 34.9 Å². The molecule has 1 unspecified atom stereocenters. The SMILES string of the molecule is CC1=C(c2nc(-c3cccc(C)c3)no2)C(c2ccc(Cl)cc2)NC(=O)N1c1cc(F)cc(F)c1. The molecule has 1 aliphatic rings. The molecule has 1 aromatic heterocycles. The van der Waals surface area contributed by atoms with Gasteiger partial charge in [0.25, 0.3) is 5.89 Å². The van der Waals surface area contributed by atoms with Crippen LogP contribution >= 0.6 is 11.6 Å². The Balaban J connectivity index is 1.67. The van der Waals surface area contributed by atoms with Gasteiger partial charge in [-0.15, -0.1) is 0 Å². The van der Waals surface area contributed by atoms with Crippen LogP contribution in [0.4, 0.5) is 19.3 Å². The number of carbonyl (C=O) groups is 1. The Kier molecular flexibility index (Phi) is 5.82. The Morgan fingerprint density at radius 2 is 1.71 bits per heavy atom. The molecule has 35 heavy (non-hydrogen) atoms. The lowest BCUT2D eigenvalue weighted by atomic mass is 9.94. The first-order valence-electron chi connectivity index (χ1n) is 10.7. The van der Waals surface area contributed by atoms with Crippen molar-refractivity contribution in [1.29, 1.82) is 0 Å². The summed E-state index contributed by atoms with van der Waals surface area (Å²) in [6.07, 6.45) is 0. The number of anilines is 1. The van der Waals surface area contributed by atoms with Crippen LogP contribution < -0.4 is 10.2 Å². The molecule has 4 aromatic rings. The highest BCUT2D eigenvalue weighted by atomic mass is 35.5. The molecule has 176 valence electrons. The van der Waals surface area contributed by atoms with Gasteiger partial charge in [-0.25, -0.2) is 13.6 Å². The number of hydrogen-bond donors (Lipinski definition) is 1. The summed E-state index contributed by atoms with van der Waals surface area (Å²) < 4.78 is 33.6. The van der Waals surface area contributed by atoms with Crippen LogP contribution in [0.25, 0.3) is 17.0 Å². The zero-order valence-corrected chi connectivity index (χ0v) is 19.5. The van der Waals surface area contributed by atoms with Crippen molar-refractivity contribution in [3.8, 4) is 11.4 Å². The van der Waals surface area contributed by atoms with Crippen LogP contribution in [-0.2, 0) is 0 Å². The van der Waals surface area contributed by atoms with E-state index >= 15 is 0 Å². The van der Waals surface area contributed by atoms with E-state index in [2.05, 4.69) is 15.5 Å². The lowest BCUT2D eigenvalue weighted by molar-refractivity contribution is 0.244. The number of urea groups is 1. The van der Waals surface area contributed by atoms with Crippen molar-refractivity contribution in [2.24, 2.45) is 0 Å². The number of aryl methyl sites for hydroxylation is 1. The fourth-order valence-electron chi connectivity index (χ4n) is 4.14. The molecular formula is C26H19ClF2N4O2. The minimum atomic E-state index is -0.804. The predicted octanol–water partition coefficient (Wildman–Crippen LogP) is 6.68. The number of nitrogens with zero attached hydrogens (tertiary/aromatic N) is 3. The molecule has 1 N–H and O–H groups in total. The maximum Gasteiger partial charge on any atom is 0.327 e. The van der Waals surface area contributed by atoms with Gasteiger partial charge >= 0.3 is 6.03 Å². The second-order valence-corrected chi connectivity index (χ2v) is 8.63. The van der Waals surface area contributed by atoms with E-state index in [1.54, 1.807) is 31.2 Å². The highest BCUT2D eigenvalue weighted by Gasteiger charge is 2.36. The van der Waals surface area contributed by atoms with Gasteiger partial charge < -0.3 is 9.84 Å². The molecule has 6 nitrogen and oxygen atoms in total. The number of hydrogen-bond acceptors (Lipinski definition) is 4.